The molecule has 1 fully saturated rings. The zero-order valence-corrected chi connectivity index (χ0v) is 9.21. The predicted octanol–water partition coefficient (Wildman–Crippen LogP) is 1.71. The van der Waals surface area contributed by atoms with Crippen molar-refractivity contribution >= 4 is 11.5 Å². The second-order valence-corrected chi connectivity index (χ2v) is 3.36. The molecule has 2 N–H and O–H groups in total. The van der Waals surface area contributed by atoms with Crippen molar-refractivity contribution in [2.75, 3.05) is 14.2 Å². The molecule has 0 spiro atoms. The summed E-state index contributed by atoms with van der Waals surface area (Å²) in [4.78, 5) is 4.01. The van der Waals surface area contributed by atoms with Crippen LogP contribution in [0.5, 0.6) is 0 Å². The molecule has 0 aromatic heterocycles. The Bertz CT molecular complexity index is 314. The van der Waals surface area contributed by atoms with Crippen molar-refractivity contribution in [2.24, 2.45) is 10.9 Å². The number of amidine groups is 1. The van der Waals surface area contributed by atoms with Crippen molar-refractivity contribution in [2.45, 2.75) is 12.8 Å². The normalized spacial score (nSPS) is 17.2. The topological polar surface area (TPSA) is 57.5 Å². The summed E-state index contributed by atoms with van der Waals surface area (Å²) in [7, 11) is 3.25. The van der Waals surface area contributed by atoms with Gasteiger partial charge < -0.3 is 15.5 Å². The number of methoxy groups -OCH3 is 1. The summed E-state index contributed by atoms with van der Waals surface area (Å²) in [5.41, 5.74) is 0.560. The van der Waals surface area contributed by atoms with E-state index >= 15 is 0 Å². The van der Waals surface area contributed by atoms with Gasteiger partial charge in [0.25, 0.3) is 0 Å². The Morgan fingerprint density at radius 3 is 2.67 bits per heavy atom. The van der Waals surface area contributed by atoms with E-state index in [4.69, 9.17) is 10.1 Å². The standard InChI is InChI=1S/C11H17N3O/c1-4-14-10(13-2)7-9(15-3)11(12)8-5-6-8/h4,7-8,12H,1,5-6H2,2-3H3,(H,13,14)/b9-7+,12-11?. The summed E-state index contributed by atoms with van der Waals surface area (Å²) in [6.45, 7) is 3.56. The van der Waals surface area contributed by atoms with Gasteiger partial charge in [-0.1, -0.05) is 6.58 Å². The maximum Gasteiger partial charge on any atom is 0.143 e. The van der Waals surface area contributed by atoms with Gasteiger partial charge in [-0.25, -0.2) is 0 Å². The average molecular weight is 207 g/mol. The Balaban J connectivity index is 2.74. The minimum atomic E-state index is 0.373. The number of rotatable bonds is 5. The molecule has 0 aromatic rings. The Morgan fingerprint density at radius 1 is 1.60 bits per heavy atom. The third-order valence-electron chi connectivity index (χ3n) is 2.23. The molecule has 82 valence electrons. The van der Waals surface area contributed by atoms with Gasteiger partial charge in [-0.3, -0.25) is 4.99 Å². The van der Waals surface area contributed by atoms with Crippen molar-refractivity contribution in [3.63, 3.8) is 0 Å². The molecule has 4 heteroatoms. The number of hydrogen-bond donors (Lipinski definition) is 2. The molecule has 0 unspecified atom stereocenters. The number of aliphatic imine (C=N–C) groups is 1. The van der Waals surface area contributed by atoms with Crippen LogP contribution in [0.3, 0.4) is 0 Å². The number of ether oxygens (including phenoxy) is 1. The van der Waals surface area contributed by atoms with Crippen molar-refractivity contribution in [1.82, 2.24) is 5.32 Å². The molecule has 0 aliphatic heterocycles. The first-order valence-electron chi connectivity index (χ1n) is 4.91. The van der Waals surface area contributed by atoms with Crippen LogP contribution in [0.2, 0.25) is 0 Å². The minimum Gasteiger partial charge on any atom is -0.495 e. The van der Waals surface area contributed by atoms with Gasteiger partial charge >= 0.3 is 0 Å². The highest BCUT2D eigenvalue weighted by Crippen LogP contribution is 2.32. The number of allylic oxidation sites excluding steroid dienone is 1. The summed E-state index contributed by atoms with van der Waals surface area (Å²) in [5.74, 6) is 1.60. The van der Waals surface area contributed by atoms with Crippen molar-refractivity contribution < 1.29 is 4.74 Å². The number of nitrogens with zero attached hydrogens (tertiary/aromatic N) is 1. The number of hydrogen-bond acceptors (Lipinski definition) is 3. The van der Waals surface area contributed by atoms with Gasteiger partial charge in [0, 0.05) is 19.0 Å². The van der Waals surface area contributed by atoms with Gasteiger partial charge in [0.15, 0.2) is 0 Å². The quantitative estimate of drug-likeness (QED) is 0.409. The molecule has 0 amide bonds. The SMILES string of the molecule is C=CNC(/C=C(/OC)C(=N)C1CC1)=NC. The molecule has 0 saturated heterocycles. The van der Waals surface area contributed by atoms with Crippen LogP contribution in [-0.4, -0.2) is 25.7 Å². The van der Waals surface area contributed by atoms with E-state index in [2.05, 4.69) is 16.9 Å². The summed E-state index contributed by atoms with van der Waals surface area (Å²) in [5, 5.41) is 10.7. The zero-order chi connectivity index (χ0) is 11.3. The van der Waals surface area contributed by atoms with E-state index in [0.717, 1.165) is 12.8 Å². The zero-order valence-electron chi connectivity index (χ0n) is 9.21. The van der Waals surface area contributed by atoms with E-state index in [1.807, 2.05) is 0 Å². The monoisotopic (exact) mass is 207 g/mol. The first kappa shape index (κ1) is 11.5. The van der Waals surface area contributed by atoms with Gasteiger partial charge in [0.2, 0.25) is 0 Å². The van der Waals surface area contributed by atoms with Gasteiger partial charge in [-0.15, -0.1) is 0 Å². The van der Waals surface area contributed by atoms with Gasteiger partial charge in [0.05, 0.1) is 12.8 Å². The molecule has 0 radical (unpaired) electrons. The molecule has 0 heterocycles. The fourth-order valence-corrected chi connectivity index (χ4v) is 1.22. The Morgan fingerprint density at radius 2 is 2.27 bits per heavy atom. The van der Waals surface area contributed by atoms with Crippen LogP contribution in [0.15, 0.2) is 29.6 Å². The van der Waals surface area contributed by atoms with Gasteiger partial charge in [-0.2, -0.15) is 0 Å². The summed E-state index contributed by atoms with van der Waals surface area (Å²) in [6, 6.07) is 0. The Labute approximate surface area is 90.2 Å². The van der Waals surface area contributed by atoms with E-state index in [1.54, 1.807) is 26.4 Å². The lowest BCUT2D eigenvalue weighted by Gasteiger charge is -2.07. The Hall–Kier alpha value is -1.58. The molecule has 4 nitrogen and oxygen atoms in total. The maximum absolute atomic E-state index is 7.86. The highest BCUT2D eigenvalue weighted by molar-refractivity contribution is 6.05. The third-order valence-corrected chi connectivity index (χ3v) is 2.23. The van der Waals surface area contributed by atoms with Crippen LogP contribution in [0.4, 0.5) is 0 Å². The van der Waals surface area contributed by atoms with Gasteiger partial charge in [-0.05, 0) is 19.0 Å². The molecule has 1 saturated carbocycles. The van der Waals surface area contributed by atoms with Gasteiger partial charge in [0.1, 0.15) is 11.6 Å². The van der Waals surface area contributed by atoms with Crippen LogP contribution in [0, 0.1) is 11.3 Å². The van der Waals surface area contributed by atoms with Crippen LogP contribution in [0.25, 0.3) is 0 Å². The highest BCUT2D eigenvalue weighted by atomic mass is 16.5. The van der Waals surface area contributed by atoms with Crippen molar-refractivity contribution in [3.05, 3.63) is 24.6 Å². The predicted molar refractivity (Wildman–Crippen MR) is 62.2 cm³/mol. The highest BCUT2D eigenvalue weighted by Gasteiger charge is 2.29. The first-order valence-corrected chi connectivity index (χ1v) is 4.91. The molecule has 15 heavy (non-hydrogen) atoms. The average Bonchev–Trinajstić information content (AvgIpc) is 3.07. The van der Waals surface area contributed by atoms with Crippen molar-refractivity contribution in [1.29, 1.82) is 5.41 Å². The first-order chi connectivity index (χ1) is 7.22. The second-order valence-electron chi connectivity index (χ2n) is 3.36. The Kier molecular flexibility index (Phi) is 4.09. The van der Waals surface area contributed by atoms with Crippen molar-refractivity contribution in [3.8, 4) is 0 Å². The van der Waals surface area contributed by atoms with E-state index in [9.17, 15) is 0 Å². The minimum absolute atomic E-state index is 0.373. The lowest BCUT2D eigenvalue weighted by atomic mass is 10.2. The molecule has 1 aliphatic rings. The molecule has 1 aliphatic carbocycles. The molecular weight excluding hydrogens is 190 g/mol. The molecule has 0 bridgehead atoms. The lowest BCUT2D eigenvalue weighted by Crippen LogP contribution is -2.17. The lowest BCUT2D eigenvalue weighted by molar-refractivity contribution is 0.313. The van der Waals surface area contributed by atoms with Crippen LogP contribution in [0.1, 0.15) is 12.8 Å². The van der Waals surface area contributed by atoms with Crippen LogP contribution in [-0.2, 0) is 4.74 Å². The molecule has 0 aromatic carbocycles. The largest absolute Gasteiger partial charge is 0.495 e. The maximum atomic E-state index is 7.86. The summed E-state index contributed by atoms with van der Waals surface area (Å²) in [6.07, 6.45) is 5.45. The smallest absolute Gasteiger partial charge is 0.143 e. The molecular formula is C11H17N3O. The molecule has 1 rings (SSSR count). The molecule has 0 atom stereocenters. The summed E-state index contributed by atoms with van der Waals surface area (Å²) < 4.78 is 5.17. The fraction of sp³-hybridized carbons (Fsp3) is 0.455. The van der Waals surface area contributed by atoms with E-state index in [1.165, 1.54) is 0 Å². The van der Waals surface area contributed by atoms with E-state index in [-0.39, 0.29) is 0 Å². The van der Waals surface area contributed by atoms with Crippen LogP contribution < -0.4 is 5.32 Å². The van der Waals surface area contributed by atoms with Crippen LogP contribution >= 0.6 is 0 Å². The fourth-order valence-electron chi connectivity index (χ4n) is 1.22. The van der Waals surface area contributed by atoms with E-state index in [0.29, 0.717) is 23.2 Å². The second kappa shape index (κ2) is 5.34. The number of nitrogens with one attached hydrogen (secondary N) is 2. The third kappa shape index (κ3) is 3.23. The van der Waals surface area contributed by atoms with E-state index < -0.39 is 0 Å². The summed E-state index contributed by atoms with van der Waals surface area (Å²) >= 11 is 0.